The predicted molar refractivity (Wildman–Crippen MR) is 87.1 cm³/mol. The minimum absolute atomic E-state index is 0.0763. The number of pyridine rings is 2. The van der Waals surface area contributed by atoms with Crippen LogP contribution in [0.1, 0.15) is 0 Å². The van der Waals surface area contributed by atoms with Gasteiger partial charge in [-0.2, -0.15) is 0 Å². The Hall–Kier alpha value is -3.48. The molecule has 2 N–H and O–H groups in total. The second kappa shape index (κ2) is 5.55. The summed E-state index contributed by atoms with van der Waals surface area (Å²) in [5.41, 5.74) is 1.34. The lowest BCUT2D eigenvalue weighted by molar-refractivity contribution is 0.429. The standard InChI is InChI=1S/C18H11F2N3O2/c19-10-7-12(17(25)13(20)8-10)18-22-16(11-4-5-21-9-15(11)24)14-3-1-2-6-23(14)18/h1-9,24-25H. The van der Waals surface area contributed by atoms with Gasteiger partial charge in [-0.3, -0.25) is 9.38 Å². The van der Waals surface area contributed by atoms with Crippen molar-refractivity contribution in [3.8, 4) is 34.1 Å². The van der Waals surface area contributed by atoms with Gasteiger partial charge in [0, 0.05) is 24.0 Å². The van der Waals surface area contributed by atoms with E-state index in [1.54, 1.807) is 34.9 Å². The van der Waals surface area contributed by atoms with E-state index in [0.717, 1.165) is 6.07 Å². The van der Waals surface area contributed by atoms with Crippen molar-refractivity contribution in [1.82, 2.24) is 14.4 Å². The third-order valence-corrected chi connectivity index (χ3v) is 3.87. The summed E-state index contributed by atoms with van der Waals surface area (Å²) in [5, 5.41) is 20.1. The number of phenolic OH excluding ortho intramolecular Hbond substituents is 1. The van der Waals surface area contributed by atoms with Crippen molar-refractivity contribution >= 4 is 5.52 Å². The van der Waals surface area contributed by atoms with Gasteiger partial charge in [0.2, 0.25) is 0 Å². The molecular formula is C18H11F2N3O2. The molecule has 4 aromatic rings. The Labute approximate surface area is 140 Å². The second-order valence-electron chi connectivity index (χ2n) is 5.42. The van der Waals surface area contributed by atoms with Crippen molar-refractivity contribution in [3.05, 3.63) is 66.6 Å². The second-order valence-corrected chi connectivity index (χ2v) is 5.42. The van der Waals surface area contributed by atoms with Crippen molar-refractivity contribution in [2.45, 2.75) is 0 Å². The molecular weight excluding hydrogens is 328 g/mol. The fourth-order valence-electron chi connectivity index (χ4n) is 2.75. The Bertz CT molecular complexity index is 1110. The summed E-state index contributed by atoms with van der Waals surface area (Å²) in [6.45, 7) is 0. The van der Waals surface area contributed by atoms with Gasteiger partial charge in [0.1, 0.15) is 23.1 Å². The lowest BCUT2D eigenvalue weighted by atomic mass is 10.1. The first kappa shape index (κ1) is 15.1. The summed E-state index contributed by atoms with van der Waals surface area (Å²) < 4.78 is 29.0. The molecule has 0 aliphatic carbocycles. The van der Waals surface area contributed by atoms with Crippen LogP contribution in [0.25, 0.3) is 28.2 Å². The smallest absolute Gasteiger partial charge is 0.168 e. The largest absolute Gasteiger partial charge is 0.506 e. The van der Waals surface area contributed by atoms with Gasteiger partial charge in [-0.1, -0.05) is 6.07 Å². The number of imidazole rings is 1. The first-order chi connectivity index (χ1) is 12.1. The Morgan fingerprint density at radius 3 is 2.64 bits per heavy atom. The molecule has 0 spiro atoms. The average molecular weight is 339 g/mol. The number of aromatic hydroxyl groups is 2. The molecule has 3 aromatic heterocycles. The summed E-state index contributed by atoms with van der Waals surface area (Å²) in [7, 11) is 0. The highest BCUT2D eigenvalue weighted by Gasteiger charge is 2.20. The SMILES string of the molecule is Oc1cnccc1-c1nc(-c2cc(F)cc(F)c2O)n2ccccc12. The highest BCUT2D eigenvalue weighted by molar-refractivity contribution is 5.84. The number of hydrogen-bond donors (Lipinski definition) is 2. The number of benzene rings is 1. The molecule has 25 heavy (non-hydrogen) atoms. The van der Waals surface area contributed by atoms with Crippen LogP contribution in [0.3, 0.4) is 0 Å². The number of nitrogens with zero attached hydrogens (tertiary/aromatic N) is 3. The van der Waals surface area contributed by atoms with Gasteiger partial charge in [-0.15, -0.1) is 0 Å². The topological polar surface area (TPSA) is 70.7 Å². The van der Waals surface area contributed by atoms with Crippen molar-refractivity contribution in [2.24, 2.45) is 0 Å². The molecule has 124 valence electrons. The molecule has 0 aliphatic rings. The van der Waals surface area contributed by atoms with Crippen molar-refractivity contribution < 1.29 is 19.0 Å². The van der Waals surface area contributed by atoms with Gasteiger partial charge in [0.05, 0.1) is 17.3 Å². The molecule has 0 unspecified atom stereocenters. The molecule has 0 aliphatic heterocycles. The van der Waals surface area contributed by atoms with E-state index in [-0.39, 0.29) is 17.1 Å². The zero-order valence-electron chi connectivity index (χ0n) is 12.7. The van der Waals surface area contributed by atoms with E-state index in [0.29, 0.717) is 22.8 Å². The monoisotopic (exact) mass is 339 g/mol. The molecule has 5 nitrogen and oxygen atoms in total. The molecule has 3 heterocycles. The van der Waals surface area contributed by atoms with Gasteiger partial charge in [0.15, 0.2) is 11.6 Å². The van der Waals surface area contributed by atoms with Crippen LogP contribution in [0.5, 0.6) is 11.5 Å². The van der Waals surface area contributed by atoms with Gasteiger partial charge in [-0.05, 0) is 24.3 Å². The molecule has 0 fully saturated rings. The zero-order valence-corrected chi connectivity index (χ0v) is 12.7. The number of fused-ring (bicyclic) bond motifs is 1. The number of hydrogen-bond acceptors (Lipinski definition) is 4. The number of phenols is 1. The molecule has 4 rings (SSSR count). The maximum Gasteiger partial charge on any atom is 0.168 e. The Morgan fingerprint density at radius 1 is 1.00 bits per heavy atom. The first-order valence-electron chi connectivity index (χ1n) is 7.35. The Morgan fingerprint density at radius 2 is 1.84 bits per heavy atom. The molecule has 0 amide bonds. The maximum absolute atomic E-state index is 13.7. The molecule has 0 bridgehead atoms. The summed E-state index contributed by atoms with van der Waals surface area (Å²) in [5.74, 6) is -2.52. The van der Waals surface area contributed by atoms with Gasteiger partial charge < -0.3 is 10.2 Å². The van der Waals surface area contributed by atoms with E-state index >= 15 is 0 Å². The summed E-state index contributed by atoms with van der Waals surface area (Å²) in [4.78, 5) is 8.24. The molecule has 0 radical (unpaired) electrons. The molecule has 1 aromatic carbocycles. The predicted octanol–water partition coefficient (Wildman–Crippen LogP) is 3.75. The lowest BCUT2D eigenvalue weighted by Crippen LogP contribution is -1.92. The lowest BCUT2D eigenvalue weighted by Gasteiger charge is -2.05. The van der Waals surface area contributed by atoms with Crippen molar-refractivity contribution in [2.75, 3.05) is 0 Å². The van der Waals surface area contributed by atoms with Crippen molar-refractivity contribution in [1.29, 1.82) is 0 Å². The van der Waals surface area contributed by atoms with Crippen LogP contribution in [-0.4, -0.2) is 24.6 Å². The van der Waals surface area contributed by atoms with Crippen LogP contribution >= 0.6 is 0 Å². The Kier molecular flexibility index (Phi) is 3.35. The molecule has 0 saturated carbocycles. The van der Waals surface area contributed by atoms with Crippen molar-refractivity contribution in [3.63, 3.8) is 0 Å². The van der Waals surface area contributed by atoms with Crippen LogP contribution in [0, 0.1) is 11.6 Å². The minimum Gasteiger partial charge on any atom is -0.506 e. The number of rotatable bonds is 2. The maximum atomic E-state index is 13.7. The highest BCUT2D eigenvalue weighted by Crippen LogP contribution is 2.37. The van der Waals surface area contributed by atoms with Crippen LogP contribution in [0.4, 0.5) is 8.78 Å². The van der Waals surface area contributed by atoms with Gasteiger partial charge >= 0.3 is 0 Å². The minimum atomic E-state index is -1.07. The third-order valence-electron chi connectivity index (χ3n) is 3.87. The summed E-state index contributed by atoms with van der Waals surface area (Å²) in [6, 6.07) is 8.44. The zero-order chi connectivity index (χ0) is 17.6. The Balaban J connectivity index is 2.07. The van der Waals surface area contributed by atoms with Crippen LogP contribution in [0.2, 0.25) is 0 Å². The van der Waals surface area contributed by atoms with Gasteiger partial charge in [-0.25, -0.2) is 13.8 Å². The van der Waals surface area contributed by atoms with E-state index < -0.39 is 17.4 Å². The quantitative estimate of drug-likeness (QED) is 0.583. The summed E-state index contributed by atoms with van der Waals surface area (Å²) in [6.07, 6.45) is 4.44. The van der Waals surface area contributed by atoms with Crippen LogP contribution in [-0.2, 0) is 0 Å². The fourth-order valence-corrected chi connectivity index (χ4v) is 2.75. The molecule has 7 heteroatoms. The molecule has 0 saturated heterocycles. The van der Waals surface area contributed by atoms with Crippen LogP contribution < -0.4 is 0 Å². The highest BCUT2D eigenvalue weighted by atomic mass is 19.1. The van der Waals surface area contributed by atoms with E-state index in [9.17, 15) is 19.0 Å². The normalized spacial score (nSPS) is 11.1. The number of aromatic nitrogens is 3. The molecule has 0 atom stereocenters. The van der Waals surface area contributed by atoms with E-state index in [1.165, 1.54) is 12.4 Å². The average Bonchev–Trinajstić information content (AvgIpc) is 2.98. The fraction of sp³-hybridized carbons (Fsp3) is 0. The first-order valence-corrected chi connectivity index (χ1v) is 7.35. The number of halogens is 2. The van der Waals surface area contributed by atoms with Gasteiger partial charge in [0.25, 0.3) is 0 Å². The van der Waals surface area contributed by atoms with E-state index in [1.807, 2.05) is 0 Å². The summed E-state index contributed by atoms with van der Waals surface area (Å²) >= 11 is 0. The van der Waals surface area contributed by atoms with Crippen LogP contribution in [0.15, 0.2) is 55.0 Å². The third kappa shape index (κ3) is 2.37. The van der Waals surface area contributed by atoms with E-state index in [2.05, 4.69) is 9.97 Å². The van der Waals surface area contributed by atoms with E-state index in [4.69, 9.17) is 0 Å².